The topological polar surface area (TPSA) is 40.5 Å². The fourth-order valence-electron chi connectivity index (χ4n) is 2.40. The number of Topliss-reactive ketones (excluding diaryl/α,β-unsaturated/α-hetero) is 1. The summed E-state index contributed by atoms with van der Waals surface area (Å²) in [5, 5.41) is 9.58. The van der Waals surface area contributed by atoms with E-state index in [1.807, 2.05) is 29.2 Å². The van der Waals surface area contributed by atoms with Crippen molar-refractivity contribution in [3.05, 3.63) is 35.4 Å². The Kier molecular flexibility index (Phi) is 4.50. The summed E-state index contributed by atoms with van der Waals surface area (Å²) in [6.07, 6.45) is 2.56. The lowest BCUT2D eigenvalue weighted by Crippen LogP contribution is -2.41. The van der Waals surface area contributed by atoms with E-state index >= 15 is 0 Å². The number of ketones is 1. The molecule has 1 atom stereocenters. The number of likely N-dealkylation sites (tertiary alicyclic amines) is 1. The summed E-state index contributed by atoms with van der Waals surface area (Å²) in [4.78, 5) is 14.1. The number of aliphatic hydroxyl groups is 1. The maximum absolute atomic E-state index is 12.1. The molecule has 98 valence electrons. The number of aliphatic hydroxyl groups excluding tert-OH is 1. The summed E-state index contributed by atoms with van der Waals surface area (Å²) in [6, 6.07) is 7.83. The molecule has 18 heavy (non-hydrogen) atoms. The van der Waals surface area contributed by atoms with Crippen LogP contribution in [0.1, 0.15) is 35.7 Å². The normalized spacial score (nSPS) is 20.9. The molecular weight excluding hydrogens is 226 g/mol. The highest BCUT2D eigenvalue weighted by Gasteiger charge is 2.20. The van der Waals surface area contributed by atoms with Crippen molar-refractivity contribution in [1.82, 2.24) is 4.90 Å². The Morgan fingerprint density at radius 1 is 1.39 bits per heavy atom. The van der Waals surface area contributed by atoms with Crippen molar-refractivity contribution in [2.75, 3.05) is 19.6 Å². The third-order valence-corrected chi connectivity index (χ3v) is 3.53. The first-order valence-electron chi connectivity index (χ1n) is 6.71. The standard InChI is InChI=1S/C15H21NO2/c1-2-12-5-7-13(8-6-12)15(18)11-16-9-3-4-14(17)10-16/h5-8,14,17H,2-4,9-11H2,1H3. The highest BCUT2D eigenvalue weighted by Crippen LogP contribution is 2.12. The lowest BCUT2D eigenvalue weighted by atomic mass is 10.0. The maximum Gasteiger partial charge on any atom is 0.176 e. The molecule has 0 bridgehead atoms. The molecule has 0 radical (unpaired) electrons. The Hall–Kier alpha value is -1.19. The van der Waals surface area contributed by atoms with Crippen LogP contribution in [0.25, 0.3) is 0 Å². The zero-order valence-corrected chi connectivity index (χ0v) is 10.9. The van der Waals surface area contributed by atoms with Gasteiger partial charge >= 0.3 is 0 Å². The number of piperidine rings is 1. The predicted octanol–water partition coefficient (Wildman–Crippen LogP) is 1.89. The number of rotatable bonds is 4. The summed E-state index contributed by atoms with van der Waals surface area (Å²) in [6.45, 7) is 4.06. The molecule has 1 aromatic carbocycles. The first-order valence-corrected chi connectivity index (χ1v) is 6.71. The summed E-state index contributed by atoms with van der Waals surface area (Å²) in [7, 11) is 0. The van der Waals surface area contributed by atoms with Gasteiger partial charge in [-0.15, -0.1) is 0 Å². The van der Waals surface area contributed by atoms with Gasteiger partial charge in [-0.25, -0.2) is 0 Å². The number of carbonyl (C=O) groups excluding carboxylic acids is 1. The number of nitrogens with zero attached hydrogens (tertiary/aromatic N) is 1. The minimum Gasteiger partial charge on any atom is -0.392 e. The van der Waals surface area contributed by atoms with Gasteiger partial charge in [-0.05, 0) is 31.4 Å². The van der Waals surface area contributed by atoms with Crippen LogP contribution in [0.2, 0.25) is 0 Å². The predicted molar refractivity (Wildman–Crippen MR) is 71.8 cm³/mol. The quantitative estimate of drug-likeness (QED) is 0.826. The second-order valence-electron chi connectivity index (χ2n) is 5.00. The Balaban J connectivity index is 1.94. The van der Waals surface area contributed by atoms with Gasteiger partial charge in [0.15, 0.2) is 5.78 Å². The van der Waals surface area contributed by atoms with E-state index in [4.69, 9.17) is 0 Å². The van der Waals surface area contributed by atoms with Crippen LogP contribution in [0.15, 0.2) is 24.3 Å². The minimum absolute atomic E-state index is 0.145. The molecule has 0 aromatic heterocycles. The molecular formula is C15H21NO2. The van der Waals surface area contributed by atoms with Gasteiger partial charge in [0.1, 0.15) is 0 Å². The zero-order valence-electron chi connectivity index (χ0n) is 10.9. The van der Waals surface area contributed by atoms with Crippen molar-refractivity contribution in [2.24, 2.45) is 0 Å². The number of carbonyl (C=O) groups is 1. The van der Waals surface area contributed by atoms with E-state index in [0.29, 0.717) is 13.1 Å². The number of hydrogen-bond acceptors (Lipinski definition) is 3. The third-order valence-electron chi connectivity index (χ3n) is 3.53. The fourth-order valence-corrected chi connectivity index (χ4v) is 2.40. The van der Waals surface area contributed by atoms with Crippen LogP contribution in [-0.2, 0) is 6.42 Å². The van der Waals surface area contributed by atoms with Crippen molar-refractivity contribution < 1.29 is 9.90 Å². The van der Waals surface area contributed by atoms with Gasteiger partial charge in [-0.3, -0.25) is 9.69 Å². The zero-order chi connectivity index (χ0) is 13.0. The van der Waals surface area contributed by atoms with Crippen molar-refractivity contribution in [3.63, 3.8) is 0 Å². The Morgan fingerprint density at radius 2 is 2.11 bits per heavy atom. The van der Waals surface area contributed by atoms with Crippen LogP contribution in [0.5, 0.6) is 0 Å². The average molecular weight is 247 g/mol. The second kappa shape index (κ2) is 6.12. The number of hydrogen-bond donors (Lipinski definition) is 1. The summed E-state index contributed by atoms with van der Waals surface area (Å²) in [5.41, 5.74) is 2.02. The first kappa shape index (κ1) is 13.2. The molecule has 1 aliphatic heterocycles. The monoisotopic (exact) mass is 247 g/mol. The van der Waals surface area contributed by atoms with Crippen molar-refractivity contribution in [3.8, 4) is 0 Å². The molecule has 3 heteroatoms. The maximum atomic E-state index is 12.1. The molecule has 1 unspecified atom stereocenters. The van der Waals surface area contributed by atoms with Gasteiger partial charge in [-0.1, -0.05) is 31.2 Å². The van der Waals surface area contributed by atoms with E-state index in [1.165, 1.54) is 5.56 Å². The van der Waals surface area contributed by atoms with Gasteiger partial charge in [0.25, 0.3) is 0 Å². The van der Waals surface area contributed by atoms with Gasteiger partial charge in [-0.2, -0.15) is 0 Å². The summed E-state index contributed by atoms with van der Waals surface area (Å²) < 4.78 is 0. The molecule has 0 aliphatic carbocycles. The molecule has 1 aliphatic rings. The Labute approximate surface area is 108 Å². The van der Waals surface area contributed by atoms with Crippen LogP contribution < -0.4 is 0 Å². The highest BCUT2D eigenvalue weighted by atomic mass is 16.3. The molecule has 3 nitrogen and oxygen atoms in total. The van der Waals surface area contributed by atoms with E-state index in [1.54, 1.807) is 0 Å². The van der Waals surface area contributed by atoms with E-state index in [2.05, 4.69) is 6.92 Å². The van der Waals surface area contributed by atoms with Crippen LogP contribution in [0.3, 0.4) is 0 Å². The lowest BCUT2D eigenvalue weighted by molar-refractivity contribution is 0.0634. The lowest BCUT2D eigenvalue weighted by Gasteiger charge is -2.29. The number of benzene rings is 1. The minimum atomic E-state index is -0.269. The van der Waals surface area contributed by atoms with Gasteiger partial charge in [0, 0.05) is 12.1 Å². The summed E-state index contributed by atoms with van der Waals surface area (Å²) >= 11 is 0. The average Bonchev–Trinajstić information content (AvgIpc) is 2.39. The van der Waals surface area contributed by atoms with E-state index in [-0.39, 0.29) is 11.9 Å². The number of aryl methyl sites for hydroxylation is 1. The van der Waals surface area contributed by atoms with Gasteiger partial charge in [0.05, 0.1) is 12.6 Å². The van der Waals surface area contributed by atoms with Gasteiger partial charge in [0.2, 0.25) is 0 Å². The Bertz CT molecular complexity index is 399. The van der Waals surface area contributed by atoms with E-state index in [9.17, 15) is 9.90 Å². The van der Waals surface area contributed by atoms with E-state index in [0.717, 1.165) is 31.4 Å². The second-order valence-corrected chi connectivity index (χ2v) is 5.00. The first-order chi connectivity index (χ1) is 8.69. The molecule has 0 spiro atoms. The SMILES string of the molecule is CCc1ccc(C(=O)CN2CCCC(O)C2)cc1. The fraction of sp³-hybridized carbons (Fsp3) is 0.533. The molecule has 1 aromatic rings. The number of β-amino-alcohol motifs (C(OH)–C–C–N with tert-alkyl or cyclic N) is 1. The molecule has 0 amide bonds. The molecule has 1 saturated heterocycles. The molecule has 2 rings (SSSR count). The molecule has 0 saturated carbocycles. The van der Waals surface area contributed by atoms with Gasteiger partial charge < -0.3 is 5.11 Å². The molecule has 1 fully saturated rings. The van der Waals surface area contributed by atoms with Crippen LogP contribution in [-0.4, -0.2) is 41.5 Å². The Morgan fingerprint density at radius 3 is 2.72 bits per heavy atom. The van der Waals surface area contributed by atoms with E-state index < -0.39 is 0 Å². The van der Waals surface area contributed by atoms with Crippen LogP contribution in [0.4, 0.5) is 0 Å². The van der Waals surface area contributed by atoms with Crippen molar-refractivity contribution >= 4 is 5.78 Å². The van der Waals surface area contributed by atoms with Crippen LogP contribution in [0, 0.1) is 0 Å². The van der Waals surface area contributed by atoms with Crippen molar-refractivity contribution in [2.45, 2.75) is 32.3 Å². The van der Waals surface area contributed by atoms with Crippen molar-refractivity contribution in [1.29, 1.82) is 0 Å². The van der Waals surface area contributed by atoms with Crippen LogP contribution >= 0.6 is 0 Å². The highest BCUT2D eigenvalue weighted by molar-refractivity contribution is 5.97. The largest absolute Gasteiger partial charge is 0.392 e. The smallest absolute Gasteiger partial charge is 0.176 e. The summed E-state index contributed by atoms with van der Waals surface area (Å²) in [5.74, 6) is 0.145. The molecule has 1 heterocycles. The third kappa shape index (κ3) is 3.40. The molecule has 1 N–H and O–H groups in total.